The third kappa shape index (κ3) is 3.83. The highest BCUT2D eigenvalue weighted by Gasteiger charge is 2.32. The highest BCUT2D eigenvalue weighted by Crippen LogP contribution is 2.30. The highest BCUT2D eigenvalue weighted by atomic mass is 16.2. The molecule has 0 spiro atoms. The van der Waals surface area contributed by atoms with E-state index in [9.17, 15) is 4.79 Å². The minimum atomic E-state index is -0.0347. The van der Waals surface area contributed by atoms with Crippen LogP contribution in [0, 0.1) is 5.41 Å². The number of nitrogens with zero attached hydrogens (tertiary/aromatic N) is 1. The van der Waals surface area contributed by atoms with Gasteiger partial charge < -0.3 is 4.90 Å². The number of amides is 1. The number of nitrogens with one attached hydrogen (secondary N) is 1. The Morgan fingerprint density at radius 1 is 1.30 bits per heavy atom. The van der Waals surface area contributed by atoms with Gasteiger partial charge >= 0.3 is 0 Å². The average molecular weight is 274 g/mol. The van der Waals surface area contributed by atoms with Crippen molar-refractivity contribution in [3.8, 4) is 0 Å². The van der Waals surface area contributed by atoms with Gasteiger partial charge in [0.25, 0.3) is 0 Å². The van der Waals surface area contributed by atoms with E-state index in [4.69, 9.17) is 0 Å². The molecule has 2 rings (SSSR count). The first-order chi connectivity index (χ1) is 9.37. The summed E-state index contributed by atoms with van der Waals surface area (Å²) in [6, 6.07) is 10.7. The van der Waals surface area contributed by atoms with Crippen molar-refractivity contribution in [2.45, 2.75) is 45.7 Å². The molecule has 1 fully saturated rings. The number of likely N-dealkylation sites (N-methyl/N-ethyl adjacent to an activating group) is 1. The number of likely N-dealkylation sites (tertiary alicyclic amines) is 1. The Morgan fingerprint density at radius 2 is 1.95 bits per heavy atom. The third-order valence-electron chi connectivity index (χ3n) is 3.85. The lowest BCUT2D eigenvalue weighted by Crippen LogP contribution is -2.40. The molecule has 0 radical (unpaired) electrons. The summed E-state index contributed by atoms with van der Waals surface area (Å²) >= 11 is 0. The second kappa shape index (κ2) is 5.96. The van der Waals surface area contributed by atoms with Gasteiger partial charge in [0.1, 0.15) is 0 Å². The van der Waals surface area contributed by atoms with E-state index < -0.39 is 0 Å². The highest BCUT2D eigenvalue weighted by molar-refractivity contribution is 5.83. The maximum absolute atomic E-state index is 12.1. The van der Waals surface area contributed by atoms with Gasteiger partial charge in [0.15, 0.2) is 0 Å². The number of hydrogen-bond donors (Lipinski definition) is 1. The Balaban J connectivity index is 2.13. The average Bonchev–Trinajstić information content (AvgIpc) is 2.69. The first-order valence-electron chi connectivity index (χ1n) is 7.43. The largest absolute Gasteiger partial charge is 0.344 e. The Kier molecular flexibility index (Phi) is 4.48. The fourth-order valence-corrected chi connectivity index (χ4v) is 2.79. The van der Waals surface area contributed by atoms with E-state index in [0.29, 0.717) is 0 Å². The summed E-state index contributed by atoms with van der Waals surface area (Å²) in [4.78, 5) is 13.9. The topological polar surface area (TPSA) is 32.3 Å². The van der Waals surface area contributed by atoms with E-state index in [1.165, 1.54) is 5.56 Å². The standard InChI is InChI=1S/C17H26N2O/c1-17(2,3)12-15(13-8-6-5-7-9-13)18-14-10-11-19(4)16(14)20/h5-9,14-15,18H,10-12H2,1-4H3. The Morgan fingerprint density at radius 3 is 2.45 bits per heavy atom. The summed E-state index contributed by atoms with van der Waals surface area (Å²) in [6.45, 7) is 7.58. The van der Waals surface area contributed by atoms with Crippen molar-refractivity contribution in [3.63, 3.8) is 0 Å². The van der Waals surface area contributed by atoms with Crippen LogP contribution in [0.2, 0.25) is 0 Å². The molecule has 3 heteroatoms. The summed E-state index contributed by atoms with van der Waals surface area (Å²) in [5.41, 5.74) is 1.49. The zero-order valence-corrected chi connectivity index (χ0v) is 13.0. The van der Waals surface area contributed by atoms with Crippen molar-refractivity contribution in [2.24, 2.45) is 5.41 Å². The molecule has 1 aromatic carbocycles. The Hall–Kier alpha value is -1.35. The quantitative estimate of drug-likeness (QED) is 0.915. The molecule has 1 heterocycles. The number of hydrogen-bond acceptors (Lipinski definition) is 2. The molecule has 3 nitrogen and oxygen atoms in total. The molecule has 0 saturated carbocycles. The Bertz CT molecular complexity index is 450. The molecule has 1 N–H and O–H groups in total. The summed E-state index contributed by atoms with van der Waals surface area (Å²) in [5, 5.41) is 3.58. The maximum atomic E-state index is 12.1. The monoisotopic (exact) mass is 274 g/mol. The first kappa shape index (κ1) is 15.0. The van der Waals surface area contributed by atoms with Gasteiger partial charge in [0.2, 0.25) is 5.91 Å². The second-order valence-electron chi connectivity index (χ2n) is 7.00. The minimum Gasteiger partial charge on any atom is -0.344 e. The smallest absolute Gasteiger partial charge is 0.239 e. The Labute approximate surface area is 122 Å². The lowest BCUT2D eigenvalue weighted by molar-refractivity contribution is -0.128. The summed E-state index contributed by atoms with van der Waals surface area (Å²) in [7, 11) is 1.88. The van der Waals surface area contributed by atoms with Gasteiger partial charge in [0, 0.05) is 19.6 Å². The molecule has 20 heavy (non-hydrogen) atoms. The molecule has 110 valence electrons. The van der Waals surface area contributed by atoms with Crippen molar-refractivity contribution in [3.05, 3.63) is 35.9 Å². The molecule has 1 aromatic rings. The van der Waals surface area contributed by atoms with Crippen LogP contribution < -0.4 is 5.32 Å². The molecule has 0 aliphatic carbocycles. The number of carbonyl (C=O) groups is 1. The van der Waals surface area contributed by atoms with Crippen LogP contribution in [0.5, 0.6) is 0 Å². The molecule has 0 bridgehead atoms. The van der Waals surface area contributed by atoms with Crippen molar-refractivity contribution < 1.29 is 4.79 Å². The number of carbonyl (C=O) groups excluding carboxylic acids is 1. The molecule has 1 aliphatic rings. The predicted molar refractivity (Wildman–Crippen MR) is 82.4 cm³/mol. The summed E-state index contributed by atoms with van der Waals surface area (Å²) in [5.74, 6) is 0.222. The van der Waals surface area contributed by atoms with Crippen LogP contribution >= 0.6 is 0 Å². The molecule has 2 unspecified atom stereocenters. The molecule has 2 atom stereocenters. The summed E-state index contributed by atoms with van der Waals surface area (Å²) < 4.78 is 0. The zero-order chi connectivity index (χ0) is 14.8. The molecular formula is C17H26N2O. The molecule has 1 aliphatic heterocycles. The second-order valence-corrected chi connectivity index (χ2v) is 7.00. The van der Waals surface area contributed by atoms with Gasteiger partial charge in [0.05, 0.1) is 6.04 Å². The van der Waals surface area contributed by atoms with Crippen LogP contribution in [0.1, 0.15) is 45.2 Å². The fraction of sp³-hybridized carbons (Fsp3) is 0.588. The molecular weight excluding hydrogens is 248 g/mol. The lowest BCUT2D eigenvalue weighted by Gasteiger charge is -2.29. The van der Waals surface area contributed by atoms with Crippen molar-refractivity contribution in [1.82, 2.24) is 10.2 Å². The van der Waals surface area contributed by atoms with Gasteiger partial charge in [-0.05, 0) is 23.8 Å². The van der Waals surface area contributed by atoms with Crippen molar-refractivity contribution in [2.75, 3.05) is 13.6 Å². The SMILES string of the molecule is CN1CCC(NC(CC(C)(C)C)c2ccccc2)C1=O. The van der Waals surface area contributed by atoms with Gasteiger partial charge in [-0.15, -0.1) is 0 Å². The molecule has 1 saturated heterocycles. The van der Waals surface area contributed by atoms with Gasteiger partial charge in [-0.3, -0.25) is 10.1 Å². The zero-order valence-electron chi connectivity index (χ0n) is 13.0. The minimum absolute atomic E-state index is 0.0347. The molecule has 0 aromatic heterocycles. The van der Waals surface area contributed by atoms with Gasteiger partial charge in [-0.2, -0.15) is 0 Å². The fourth-order valence-electron chi connectivity index (χ4n) is 2.79. The molecule has 1 amide bonds. The van der Waals surface area contributed by atoms with E-state index in [2.05, 4.69) is 50.4 Å². The first-order valence-corrected chi connectivity index (χ1v) is 7.43. The predicted octanol–water partition coefficient (Wildman–Crippen LogP) is 2.98. The van der Waals surface area contributed by atoms with Crippen LogP contribution in [0.3, 0.4) is 0 Å². The van der Waals surface area contributed by atoms with Crippen LogP contribution in [0.4, 0.5) is 0 Å². The van der Waals surface area contributed by atoms with Gasteiger partial charge in [-0.1, -0.05) is 51.1 Å². The summed E-state index contributed by atoms with van der Waals surface area (Å²) in [6.07, 6.45) is 1.92. The lowest BCUT2D eigenvalue weighted by atomic mass is 9.85. The normalized spacial score (nSPS) is 21.3. The van der Waals surface area contributed by atoms with E-state index in [0.717, 1.165) is 19.4 Å². The van der Waals surface area contributed by atoms with Crippen molar-refractivity contribution in [1.29, 1.82) is 0 Å². The van der Waals surface area contributed by atoms with E-state index in [-0.39, 0.29) is 23.4 Å². The van der Waals surface area contributed by atoms with E-state index >= 15 is 0 Å². The van der Waals surface area contributed by atoms with Gasteiger partial charge in [-0.25, -0.2) is 0 Å². The van der Waals surface area contributed by atoms with Crippen molar-refractivity contribution >= 4 is 5.91 Å². The number of rotatable bonds is 4. The van der Waals surface area contributed by atoms with Crippen LogP contribution in [0.15, 0.2) is 30.3 Å². The van der Waals surface area contributed by atoms with E-state index in [1.54, 1.807) is 0 Å². The number of benzene rings is 1. The van der Waals surface area contributed by atoms with E-state index in [1.807, 2.05) is 18.0 Å². The van der Waals surface area contributed by atoms with Crippen LogP contribution in [-0.4, -0.2) is 30.4 Å². The maximum Gasteiger partial charge on any atom is 0.239 e. The van der Waals surface area contributed by atoms with Crippen LogP contribution in [-0.2, 0) is 4.79 Å². The van der Waals surface area contributed by atoms with Crippen LogP contribution in [0.25, 0.3) is 0 Å². The third-order valence-corrected chi connectivity index (χ3v) is 3.85.